The molecular formula is C12H19NOS. The van der Waals surface area contributed by atoms with E-state index in [4.69, 9.17) is 0 Å². The highest BCUT2D eigenvalue weighted by Crippen LogP contribution is 2.21. The lowest BCUT2D eigenvalue weighted by atomic mass is 10.1. The van der Waals surface area contributed by atoms with E-state index in [1.54, 1.807) is 11.8 Å². The lowest BCUT2D eigenvalue weighted by molar-refractivity contribution is 0.194. The van der Waals surface area contributed by atoms with E-state index >= 15 is 0 Å². The van der Waals surface area contributed by atoms with Gasteiger partial charge >= 0.3 is 0 Å². The van der Waals surface area contributed by atoms with Crippen LogP contribution in [0.2, 0.25) is 0 Å². The number of thioether (sulfide) groups is 1. The Balaban J connectivity index is 2.47. The third kappa shape index (κ3) is 4.24. The smallest absolute Gasteiger partial charge is 0.0618 e. The topological polar surface area (TPSA) is 32.3 Å². The van der Waals surface area contributed by atoms with Gasteiger partial charge in [-0.1, -0.05) is 25.1 Å². The number of likely N-dealkylation sites (N-methyl/N-ethyl adjacent to an activating group) is 1. The fraction of sp³-hybridized carbons (Fsp3) is 0.500. The molecule has 2 N–H and O–H groups in total. The first-order valence-electron chi connectivity index (χ1n) is 5.24. The number of aliphatic hydroxyl groups excluding tert-OH is 1. The molecule has 0 bridgehead atoms. The molecule has 1 unspecified atom stereocenters. The molecule has 0 radical (unpaired) electrons. The second kappa shape index (κ2) is 6.16. The predicted octanol–water partition coefficient (Wildman–Crippen LogP) is 2.14. The van der Waals surface area contributed by atoms with Crippen molar-refractivity contribution in [2.24, 2.45) is 0 Å². The maximum absolute atomic E-state index is 9.32. The molecule has 0 aromatic heterocycles. The molecule has 3 heteroatoms. The number of benzene rings is 1. The third-order valence-electron chi connectivity index (χ3n) is 2.25. The summed E-state index contributed by atoms with van der Waals surface area (Å²) in [6, 6.07) is 10.3. The average molecular weight is 225 g/mol. The van der Waals surface area contributed by atoms with Crippen LogP contribution in [-0.4, -0.2) is 29.5 Å². The summed E-state index contributed by atoms with van der Waals surface area (Å²) < 4.78 is 0. The molecule has 0 spiro atoms. The minimum absolute atomic E-state index is 0.167. The van der Waals surface area contributed by atoms with Crippen LogP contribution in [0.5, 0.6) is 0 Å². The van der Waals surface area contributed by atoms with Gasteiger partial charge in [-0.05, 0) is 25.6 Å². The van der Waals surface area contributed by atoms with Crippen molar-refractivity contribution in [1.29, 1.82) is 0 Å². The van der Waals surface area contributed by atoms with Gasteiger partial charge in [0.1, 0.15) is 0 Å². The van der Waals surface area contributed by atoms with Crippen LogP contribution in [0.1, 0.15) is 13.8 Å². The van der Waals surface area contributed by atoms with E-state index in [0.29, 0.717) is 0 Å². The molecule has 2 nitrogen and oxygen atoms in total. The molecular weight excluding hydrogens is 206 g/mol. The molecule has 1 aromatic rings. The first-order chi connectivity index (χ1) is 7.20. The molecule has 84 valence electrons. The lowest BCUT2D eigenvalue weighted by Crippen LogP contribution is -2.47. The second-order valence-corrected chi connectivity index (χ2v) is 4.90. The number of nitrogens with one attached hydrogen (secondary N) is 1. The fourth-order valence-corrected chi connectivity index (χ4v) is 2.37. The van der Waals surface area contributed by atoms with Gasteiger partial charge in [0.15, 0.2) is 0 Å². The van der Waals surface area contributed by atoms with E-state index < -0.39 is 0 Å². The monoisotopic (exact) mass is 225 g/mol. The zero-order valence-corrected chi connectivity index (χ0v) is 10.2. The fourth-order valence-electron chi connectivity index (χ4n) is 1.34. The van der Waals surface area contributed by atoms with Crippen molar-refractivity contribution >= 4 is 11.8 Å². The van der Waals surface area contributed by atoms with Gasteiger partial charge in [-0.15, -0.1) is 11.8 Å². The highest BCUT2D eigenvalue weighted by molar-refractivity contribution is 7.99. The number of hydrogen-bond donors (Lipinski definition) is 2. The predicted molar refractivity (Wildman–Crippen MR) is 66.3 cm³/mol. The van der Waals surface area contributed by atoms with Crippen molar-refractivity contribution in [3.05, 3.63) is 30.3 Å². The molecule has 0 aliphatic rings. The van der Waals surface area contributed by atoms with Gasteiger partial charge in [-0.2, -0.15) is 0 Å². The van der Waals surface area contributed by atoms with E-state index in [0.717, 1.165) is 12.3 Å². The van der Waals surface area contributed by atoms with Crippen molar-refractivity contribution in [1.82, 2.24) is 5.32 Å². The van der Waals surface area contributed by atoms with E-state index in [1.165, 1.54) is 4.90 Å². The molecule has 0 fully saturated rings. The zero-order chi connectivity index (χ0) is 11.1. The van der Waals surface area contributed by atoms with Crippen LogP contribution < -0.4 is 5.32 Å². The summed E-state index contributed by atoms with van der Waals surface area (Å²) in [4.78, 5) is 1.25. The Hall–Kier alpha value is -0.510. The quantitative estimate of drug-likeness (QED) is 0.728. The Morgan fingerprint density at radius 3 is 2.53 bits per heavy atom. The van der Waals surface area contributed by atoms with Crippen LogP contribution in [0.15, 0.2) is 35.2 Å². The van der Waals surface area contributed by atoms with Gasteiger partial charge in [0.05, 0.1) is 6.61 Å². The van der Waals surface area contributed by atoms with Crippen molar-refractivity contribution in [2.45, 2.75) is 24.3 Å². The third-order valence-corrected chi connectivity index (χ3v) is 3.64. The largest absolute Gasteiger partial charge is 0.394 e. The SMILES string of the molecule is CCNC(C)(CO)CSc1ccccc1. The van der Waals surface area contributed by atoms with Gasteiger partial charge in [0.25, 0.3) is 0 Å². The van der Waals surface area contributed by atoms with Gasteiger partial charge in [0.2, 0.25) is 0 Å². The summed E-state index contributed by atoms with van der Waals surface area (Å²) in [6.45, 7) is 5.15. The summed E-state index contributed by atoms with van der Waals surface area (Å²) in [7, 11) is 0. The molecule has 0 saturated heterocycles. The zero-order valence-electron chi connectivity index (χ0n) is 9.36. The van der Waals surface area contributed by atoms with E-state index in [-0.39, 0.29) is 12.1 Å². The van der Waals surface area contributed by atoms with Gasteiger partial charge in [-0.25, -0.2) is 0 Å². The highest BCUT2D eigenvalue weighted by atomic mass is 32.2. The molecule has 1 rings (SSSR count). The first-order valence-corrected chi connectivity index (χ1v) is 6.22. The van der Waals surface area contributed by atoms with Crippen LogP contribution >= 0.6 is 11.8 Å². The van der Waals surface area contributed by atoms with Gasteiger partial charge < -0.3 is 10.4 Å². The summed E-state index contributed by atoms with van der Waals surface area (Å²) in [5, 5.41) is 12.6. The Morgan fingerprint density at radius 1 is 1.33 bits per heavy atom. The minimum atomic E-state index is -0.185. The van der Waals surface area contributed by atoms with Crippen molar-refractivity contribution < 1.29 is 5.11 Å². The highest BCUT2D eigenvalue weighted by Gasteiger charge is 2.21. The Bertz CT molecular complexity index is 278. The van der Waals surface area contributed by atoms with Gasteiger partial charge in [-0.3, -0.25) is 0 Å². The first kappa shape index (κ1) is 12.6. The summed E-state index contributed by atoms with van der Waals surface area (Å²) in [5.41, 5.74) is -0.185. The summed E-state index contributed by atoms with van der Waals surface area (Å²) >= 11 is 1.77. The van der Waals surface area contributed by atoms with Crippen LogP contribution in [0.25, 0.3) is 0 Å². The summed E-state index contributed by atoms with van der Waals surface area (Å²) in [5.74, 6) is 0.876. The molecule has 1 aromatic carbocycles. The van der Waals surface area contributed by atoms with Crippen LogP contribution in [0, 0.1) is 0 Å². The molecule has 1 atom stereocenters. The molecule has 0 aliphatic carbocycles. The Labute approximate surface area is 96.1 Å². The van der Waals surface area contributed by atoms with E-state index in [9.17, 15) is 5.11 Å². The minimum Gasteiger partial charge on any atom is -0.394 e. The number of hydrogen-bond acceptors (Lipinski definition) is 3. The number of rotatable bonds is 6. The van der Waals surface area contributed by atoms with Crippen molar-refractivity contribution in [3.8, 4) is 0 Å². The Morgan fingerprint density at radius 2 is 2.00 bits per heavy atom. The normalized spacial score (nSPS) is 14.9. The maximum Gasteiger partial charge on any atom is 0.0618 e. The van der Waals surface area contributed by atoms with E-state index in [1.807, 2.05) is 25.1 Å². The van der Waals surface area contributed by atoms with E-state index in [2.05, 4.69) is 24.4 Å². The summed E-state index contributed by atoms with van der Waals surface area (Å²) in [6.07, 6.45) is 0. The van der Waals surface area contributed by atoms with Crippen molar-refractivity contribution in [3.63, 3.8) is 0 Å². The molecule has 0 amide bonds. The van der Waals surface area contributed by atoms with Crippen LogP contribution in [0.4, 0.5) is 0 Å². The Kier molecular flexibility index (Phi) is 5.15. The molecule has 0 saturated carbocycles. The molecule has 0 heterocycles. The molecule has 15 heavy (non-hydrogen) atoms. The molecule has 0 aliphatic heterocycles. The van der Waals surface area contributed by atoms with Crippen molar-refractivity contribution in [2.75, 3.05) is 18.9 Å². The maximum atomic E-state index is 9.32. The number of aliphatic hydroxyl groups is 1. The van der Waals surface area contributed by atoms with Gasteiger partial charge in [0, 0.05) is 16.2 Å². The second-order valence-electron chi connectivity index (χ2n) is 3.85. The van der Waals surface area contributed by atoms with Crippen LogP contribution in [0.3, 0.4) is 0 Å². The van der Waals surface area contributed by atoms with Crippen LogP contribution in [-0.2, 0) is 0 Å². The lowest BCUT2D eigenvalue weighted by Gasteiger charge is -2.27. The average Bonchev–Trinajstić information content (AvgIpc) is 2.28. The standard InChI is InChI=1S/C12H19NOS/c1-3-13-12(2,9-14)10-15-11-7-5-4-6-8-11/h4-8,13-14H,3,9-10H2,1-2H3.